The molecular formula is C15H28N2O. The van der Waals surface area contributed by atoms with Crippen molar-refractivity contribution in [2.24, 2.45) is 0 Å². The van der Waals surface area contributed by atoms with E-state index < -0.39 is 0 Å². The van der Waals surface area contributed by atoms with E-state index >= 15 is 0 Å². The van der Waals surface area contributed by atoms with Crippen LogP contribution in [0.4, 0.5) is 5.69 Å². The third-order valence-electron chi connectivity index (χ3n) is 2.56. The highest BCUT2D eigenvalue weighted by Gasteiger charge is 2.13. The highest BCUT2D eigenvalue weighted by atomic mass is 16.5. The van der Waals surface area contributed by atoms with E-state index in [-0.39, 0.29) is 0 Å². The summed E-state index contributed by atoms with van der Waals surface area (Å²) in [5, 5.41) is 0. The van der Waals surface area contributed by atoms with Crippen molar-refractivity contribution in [2.75, 3.05) is 31.2 Å². The third kappa shape index (κ3) is 5.05. The number of ether oxygens (including phenoxy) is 1. The Hall–Kier alpha value is -1.09. The normalized spacial score (nSPS) is 14.0. The first-order valence-electron chi connectivity index (χ1n) is 7.03. The maximum Gasteiger partial charge on any atom is 0.0642 e. The molecule has 3 nitrogen and oxygen atoms in total. The number of rotatable bonds is 1. The Bertz CT molecular complexity index is 320. The Balaban J connectivity index is 0.000000659. The van der Waals surface area contributed by atoms with E-state index in [0.717, 1.165) is 32.0 Å². The fourth-order valence-corrected chi connectivity index (χ4v) is 1.76. The first kappa shape index (κ1) is 16.9. The minimum absolute atomic E-state index is 0.834. The molecule has 0 aromatic carbocycles. The van der Waals surface area contributed by atoms with Crippen LogP contribution in [0.3, 0.4) is 0 Å². The fraction of sp³-hybridized carbons (Fsp3) is 0.667. The number of hydrogen-bond donors (Lipinski definition) is 0. The SMILES string of the molecule is CC.CC.Cc1cc(N2CCOCC2)c(C)cn1. The standard InChI is InChI=1S/C11H16N2O.2C2H6/c1-9-8-12-10(2)7-11(9)13-3-5-14-6-4-13;2*1-2/h7-8H,3-6H2,1-2H3;2*1-2H3. The van der Waals surface area contributed by atoms with Crippen molar-refractivity contribution in [3.63, 3.8) is 0 Å². The number of hydrogen-bond acceptors (Lipinski definition) is 3. The van der Waals surface area contributed by atoms with Crippen molar-refractivity contribution in [3.05, 3.63) is 23.5 Å². The van der Waals surface area contributed by atoms with Gasteiger partial charge >= 0.3 is 0 Å². The molecule has 104 valence electrons. The van der Waals surface area contributed by atoms with Crippen molar-refractivity contribution >= 4 is 5.69 Å². The topological polar surface area (TPSA) is 25.4 Å². The molecule has 1 aromatic rings. The number of pyridine rings is 1. The average Bonchev–Trinajstić information content (AvgIpc) is 2.47. The van der Waals surface area contributed by atoms with Gasteiger partial charge in [0, 0.05) is 30.7 Å². The van der Waals surface area contributed by atoms with Crippen LogP contribution in [0, 0.1) is 13.8 Å². The van der Waals surface area contributed by atoms with Crippen LogP contribution in [-0.4, -0.2) is 31.3 Å². The van der Waals surface area contributed by atoms with E-state index in [1.54, 1.807) is 0 Å². The highest BCUT2D eigenvalue weighted by molar-refractivity contribution is 5.53. The number of nitrogens with zero attached hydrogens (tertiary/aromatic N) is 2. The van der Waals surface area contributed by atoms with Gasteiger partial charge in [-0.25, -0.2) is 0 Å². The van der Waals surface area contributed by atoms with Gasteiger partial charge in [0.05, 0.1) is 13.2 Å². The van der Waals surface area contributed by atoms with Gasteiger partial charge in [-0.05, 0) is 25.5 Å². The van der Waals surface area contributed by atoms with Crippen LogP contribution < -0.4 is 4.90 Å². The van der Waals surface area contributed by atoms with Gasteiger partial charge in [0.1, 0.15) is 0 Å². The number of aromatic nitrogens is 1. The van der Waals surface area contributed by atoms with E-state index in [0.29, 0.717) is 0 Å². The second-order valence-corrected chi connectivity index (χ2v) is 3.71. The Morgan fingerprint density at radius 2 is 1.61 bits per heavy atom. The lowest BCUT2D eigenvalue weighted by atomic mass is 10.2. The van der Waals surface area contributed by atoms with Gasteiger partial charge in [0.2, 0.25) is 0 Å². The van der Waals surface area contributed by atoms with E-state index in [1.807, 2.05) is 40.8 Å². The van der Waals surface area contributed by atoms with Crippen LogP contribution in [0.5, 0.6) is 0 Å². The molecule has 1 aliphatic rings. The zero-order valence-corrected chi connectivity index (χ0v) is 12.8. The molecule has 1 saturated heterocycles. The first-order valence-corrected chi connectivity index (χ1v) is 7.03. The summed E-state index contributed by atoms with van der Waals surface area (Å²) in [5.74, 6) is 0. The van der Waals surface area contributed by atoms with Gasteiger partial charge < -0.3 is 9.64 Å². The molecule has 0 N–H and O–H groups in total. The second-order valence-electron chi connectivity index (χ2n) is 3.71. The maximum atomic E-state index is 5.33. The molecule has 0 bridgehead atoms. The van der Waals surface area contributed by atoms with Crippen LogP contribution in [-0.2, 0) is 4.74 Å². The van der Waals surface area contributed by atoms with Crippen molar-refractivity contribution in [1.82, 2.24) is 4.98 Å². The summed E-state index contributed by atoms with van der Waals surface area (Å²) in [4.78, 5) is 6.64. The molecule has 0 spiro atoms. The minimum atomic E-state index is 0.834. The smallest absolute Gasteiger partial charge is 0.0642 e. The van der Waals surface area contributed by atoms with Crippen molar-refractivity contribution in [3.8, 4) is 0 Å². The van der Waals surface area contributed by atoms with Crippen LogP contribution in [0.25, 0.3) is 0 Å². The molecule has 18 heavy (non-hydrogen) atoms. The molecular weight excluding hydrogens is 224 g/mol. The molecule has 2 rings (SSSR count). The Morgan fingerprint density at radius 3 is 2.17 bits per heavy atom. The van der Waals surface area contributed by atoms with Crippen molar-refractivity contribution in [1.29, 1.82) is 0 Å². The summed E-state index contributed by atoms with van der Waals surface area (Å²) in [6.07, 6.45) is 1.94. The lowest BCUT2D eigenvalue weighted by Gasteiger charge is -2.30. The molecule has 1 aromatic heterocycles. The van der Waals surface area contributed by atoms with Gasteiger partial charge in [0.15, 0.2) is 0 Å². The lowest BCUT2D eigenvalue weighted by molar-refractivity contribution is 0.122. The van der Waals surface area contributed by atoms with E-state index in [4.69, 9.17) is 4.74 Å². The van der Waals surface area contributed by atoms with Crippen LogP contribution in [0.1, 0.15) is 39.0 Å². The maximum absolute atomic E-state index is 5.33. The van der Waals surface area contributed by atoms with Gasteiger partial charge in [-0.3, -0.25) is 4.98 Å². The van der Waals surface area contributed by atoms with E-state index in [2.05, 4.69) is 22.9 Å². The van der Waals surface area contributed by atoms with Gasteiger partial charge in [-0.15, -0.1) is 0 Å². The molecule has 0 amide bonds. The molecule has 0 unspecified atom stereocenters. The molecule has 0 radical (unpaired) electrons. The van der Waals surface area contributed by atoms with E-state index in [1.165, 1.54) is 11.3 Å². The highest BCUT2D eigenvalue weighted by Crippen LogP contribution is 2.20. The zero-order chi connectivity index (χ0) is 14.0. The third-order valence-corrected chi connectivity index (χ3v) is 2.56. The Labute approximate surface area is 112 Å². The number of anilines is 1. The van der Waals surface area contributed by atoms with Gasteiger partial charge in [-0.2, -0.15) is 0 Å². The Morgan fingerprint density at radius 1 is 1.06 bits per heavy atom. The fourth-order valence-electron chi connectivity index (χ4n) is 1.76. The first-order chi connectivity index (χ1) is 8.77. The summed E-state index contributed by atoms with van der Waals surface area (Å²) in [6.45, 7) is 15.8. The molecule has 0 saturated carbocycles. The Kier molecular flexibility index (Phi) is 9.29. The number of morpholine rings is 1. The predicted molar refractivity (Wildman–Crippen MR) is 79.4 cm³/mol. The predicted octanol–water partition coefficient (Wildman–Crippen LogP) is 3.59. The van der Waals surface area contributed by atoms with Crippen LogP contribution in [0.2, 0.25) is 0 Å². The largest absolute Gasteiger partial charge is 0.378 e. The second kappa shape index (κ2) is 9.89. The average molecular weight is 252 g/mol. The molecule has 1 aliphatic heterocycles. The molecule has 1 fully saturated rings. The van der Waals surface area contributed by atoms with Gasteiger partial charge in [-0.1, -0.05) is 27.7 Å². The lowest BCUT2D eigenvalue weighted by Crippen LogP contribution is -2.36. The van der Waals surface area contributed by atoms with Crippen LogP contribution in [0.15, 0.2) is 12.3 Å². The van der Waals surface area contributed by atoms with Crippen molar-refractivity contribution in [2.45, 2.75) is 41.5 Å². The van der Waals surface area contributed by atoms with Crippen LogP contribution >= 0.6 is 0 Å². The van der Waals surface area contributed by atoms with Gasteiger partial charge in [0.25, 0.3) is 0 Å². The van der Waals surface area contributed by atoms with Crippen molar-refractivity contribution < 1.29 is 4.74 Å². The molecule has 0 aliphatic carbocycles. The summed E-state index contributed by atoms with van der Waals surface area (Å²) < 4.78 is 5.33. The van der Waals surface area contributed by atoms with E-state index in [9.17, 15) is 0 Å². The quantitative estimate of drug-likeness (QED) is 0.764. The molecule has 3 heteroatoms. The summed E-state index contributed by atoms with van der Waals surface area (Å²) in [5.41, 5.74) is 3.63. The summed E-state index contributed by atoms with van der Waals surface area (Å²) in [7, 11) is 0. The summed E-state index contributed by atoms with van der Waals surface area (Å²) >= 11 is 0. The molecule has 2 heterocycles. The minimum Gasteiger partial charge on any atom is -0.378 e. The molecule has 0 atom stereocenters. The monoisotopic (exact) mass is 252 g/mol. The summed E-state index contributed by atoms with van der Waals surface area (Å²) in [6, 6.07) is 2.15. The number of aryl methyl sites for hydroxylation is 2. The zero-order valence-electron chi connectivity index (χ0n) is 12.8.